The number of hydrogen-bond donors (Lipinski definition) is 1. The topological polar surface area (TPSA) is 60.4 Å². The van der Waals surface area contributed by atoms with Crippen molar-refractivity contribution in [1.29, 1.82) is 0 Å². The lowest BCUT2D eigenvalue weighted by molar-refractivity contribution is -0.149. The molecule has 2 heterocycles. The highest BCUT2D eigenvalue weighted by atomic mass is 16.5. The molecule has 0 radical (unpaired) electrons. The van der Waals surface area contributed by atoms with Crippen molar-refractivity contribution in [2.45, 2.75) is 46.2 Å². The van der Waals surface area contributed by atoms with Gasteiger partial charge in [0.15, 0.2) is 5.96 Å². The molecule has 0 unspecified atom stereocenters. The molecule has 2 aliphatic rings. The minimum atomic E-state index is -0.0836. The number of piperidine rings is 1. The van der Waals surface area contributed by atoms with Gasteiger partial charge >= 0.3 is 5.97 Å². The van der Waals surface area contributed by atoms with Gasteiger partial charge in [-0.15, -0.1) is 0 Å². The van der Waals surface area contributed by atoms with Gasteiger partial charge in [-0.1, -0.05) is 24.3 Å². The fourth-order valence-corrected chi connectivity index (χ4v) is 4.48. The Hall–Kier alpha value is -2.12. The highest BCUT2D eigenvalue weighted by molar-refractivity contribution is 5.81. The van der Waals surface area contributed by atoms with E-state index in [1.165, 1.54) is 30.6 Å². The Morgan fingerprint density at radius 2 is 1.84 bits per heavy atom. The number of carbonyl (C=O) groups is 1. The van der Waals surface area contributed by atoms with Crippen molar-refractivity contribution in [1.82, 2.24) is 20.0 Å². The number of nitrogens with one attached hydrogen (secondary N) is 1. The average molecular weight is 444 g/mol. The molecule has 0 spiro atoms. The van der Waals surface area contributed by atoms with Crippen molar-refractivity contribution in [2.24, 2.45) is 10.9 Å². The molecule has 3 rings (SSSR count). The van der Waals surface area contributed by atoms with Crippen LogP contribution in [0, 0.1) is 5.92 Å². The van der Waals surface area contributed by atoms with Crippen LogP contribution < -0.4 is 5.32 Å². The van der Waals surface area contributed by atoms with Gasteiger partial charge in [-0.2, -0.15) is 0 Å². The molecule has 178 valence electrons. The van der Waals surface area contributed by atoms with Crippen LogP contribution in [0.3, 0.4) is 0 Å². The molecule has 0 amide bonds. The summed E-state index contributed by atoms with van der Waals surface area (Å²) in [5.41, 5.74) is 2.57. The Morgan fingerprint density at radius 3 is 2.59 bits per heavy atom. The molecule has 1 atom stereocenters. The second-order valence-corrected chi connectivity index (χ2v) is 8.96. The van der Waals surface area contributed by atoms with Crippen LogP contribution in [0.5, 0.6) is 0 Å². The Bertz CT molecular complexity index is 736. The summed E-state index contributed by atoms with van der Waals surface area (Å²) in [6, 6.07) is 8.88. The highest BCUT2D eigenvalue weighted by Crippen LogP contribution is 2.18. The van der Waals surface area contributed by atoms with Gasteiger partial charge in [-0.3, -0.25) is 9.69 Å². The summed E-state index contributed by atoms with van der Waals surface area (Å²) in [5.74, 6) is 0.740. The van der Waals surface area contributed by atoms with E-state index in [1.54, 1.807) is 0 Å². The molecule has 2 aliphatic heterocycles. The number of likely N-dealkylation sites (tertiary alicyclic amines) is 1. The van der Waals surface area contributed by atoms with Gasteiger partial charge in [0, 0.05) is 39.3 Å². The Labute approximate surface area is 193 Å². The van der Waals surface area contributed by atoms with Gasteiger partial charge in [0.05, 0.1) is 19.1 Å². The molecule has 32 heavy (non-hydrogen) atoms. The van der Waals surface area contributed by atoms with Crippen LogP contribution in [0.4, 0.5) is 0 Å². The first-order chi connectivity index (χ1) is 15.6. The average Bonchev–Trinajstić information content (AvgIpc) is 3.01. The summed E-state index contributed by atoms with van der Waals surface area (Å²) in [6.45, 7) is 13.1. The number of guanidine groups is 1. The second-order valence-electron chi connectivity index (χ2n) is 8.96. The number of rotatable bonds is 7. The minimum absolute atomic E-state index is 0.0642. The number of ether oxygens (including phenoxy) is 1. The summed E-state index contributed by atoms with van der Waals surface area (Å²) in [5, 5.41) is 3.40. The van der Waals surface area contributed by atoms with E-state index in [0.717, 1.165) is 51.5 Å². The van der Waals surface area contributed by atoms with Crippen molar-refractivity contribution in [3.8, 4) is 0 Å². The normalized spacial score (nSPS) is 21.3. The van der Waals surface area contributed by atoms with Gasteiger partial charge < -0.3 is 19.9 Å². The first-order valence-electron chi connectivity index (χ1n) is 12.3. The molecule has 2 fully saturated rings. The highest BCUT2D eigenvalue weighted by Gasteiger charge is 2.28. The largest absolute Gasteiger partial charge is 0.466 e. The third kappa shape index (κ3) is 7.48. The molecule has 0 saturated carbocycles. The lowest BCUT2D eigenvalue weighted by Gasteiger charge is -2.34. The molecular formula is C25H41N5O2. The molecule has 0 aliphatic carbocycles. The standard InChI is InChI=1S/C25H41N5O2/c1-4-26-25(30-15-6-8-23(20-30)24(31)32-5-2)27-18-21-9-11-22(12-10-21)19-29-14-7-13-28(3)16-17-29/h9-12,23H,4-8,13-20H2,1-3H3,(H,26,27)/t23-/m0/s1. The molecular weight excluding hydrogens is 402 g/mol. The molecule has 0 aromatic heterocycles. The van der Waals surface area contributed by atoms with E-state index in [9.17, 15) is 4.79 Å². The lowest BCUT2D eigenvalue weighted by Crippen LogP contribution is -2.48. The predicted octanol–water partition coefficient (Wildman–Crippen LogP) is 2.56. The van der Waals surface area contributed by atoms with E-state index >= 15 is 0 Å². The monoisotopic (exact) mass is 443 g/mol. The zero-order valence-corrected chi connectivity index (χ0v) is 20.2. The van der Waals surface area contributed by atoms with Crippen LogP contribution in [0.1, 0.15) is 44.2 Å². The van der Waals surface area contributed by atoms with Gasteiger partial charge in [0.1, 0.15) is 0 Å². The van der Waals surface area contributed by atoms with Gasteiger partial charge in [-0.05, 0) is 64.4 Å². The van der Waals surface area contributed by atoms with E-state index in [4.69, 9.17) is 9.73 Å². The van der Waals surface area contributed by atoms with Crippen LogP contribution >= 0.6 is 0 Å². The zero-order chi connectivity index (χ0) is 22.8. The SMILES string of the molecule is CCNC(=NCc1ccc(CN2CCCN(C)CC2)cc1)N1CCC[C@H](C(=O)OCC)C1. The summed E-state index contributed by atoms with van der Waals surface area (Å²) < 4.78 is 5.24. The fraction of sp³-hybridized carbons (Fsp3) is 0.680. The van der Waals surface area contributed by atoms with Gasteiger partial charge in [0.25, 0.3) is 0 Å². The van der Waals surface area contributed by atoms with Crippen molar-refractivity contribution >= 4 is 11.9 Å². The Morgan fingerprint density at radius 1 is 1.06 bits per heavy atom. The quantitative estimate of drug-likeness (QED) is 0.397. The Kier molecular flexibility index (Phi) is 9.81. The van der Waals surface area contributed by atoms with Crippen LogP contribution in [0.15, 0.2) is 29.3 Å². The minimum Gasteiger partial charge on any atom is -0.466 e. The van der Waals surface area contributed by atoms with Gasteiger partial charge in [-0.25, -0.2) is 4.99 Å². The van der Waals surface area contributed by atoms with E-state index in [1.807, 2.05) is 6.92 Å². The number of aliphatic imine (C=N–C) groups is 1. The molecule has 1 N–H and O–H groups in total. The lowest BCUT2D eigenvalue weighted by atomic mass is 9.98. The van der Waals surface area contributed by atoms with Crippen molar-refractivity contribution in [3.05, 3.63) is 35.4 Å². The molecule has 7 nitrogen and oxygen atoms in total. The number of carbonyl (C=O) groups excluding carboxylic acids is 1. The van der Waals surface area contributed by atoms with Crippen LogP contribution in [0.2, 0.25) is 0 Å². The zero-order valence-electron chi connectivity index (χ0n) is 20.2. The maximum Gasteiger partial charge on any atom is 0.310 e. The van der Waals surface area contributed by atoms with Gasteiger partial charge in [0.2, 0.25) is 0 Å². The molecule has 2 saturated heterocycles. The van der Waals surface area contributed by atoms with Crippen LogP contribution in [-0.2, 0) is 22.6 Å². The van der Waals surface area contributed by atoms with E-state index in [2.05, 4.69) is 58.3 Å². The summed E-state index contributed by atoms with van der Waals surface area (Å²) in [6.07, 6.45) is 3.11. The number of likely N-dealkylation sites (N-methyl/N-ethyl adjacent to an activating group) is 1. The first-order valence-corrected chi connectivity index (χ1v) is 12.3. The molecule has 0 bridgehead atoms. The summed E-state index contributed by atoms with van der Waals surface area (Å²) >= 11 is 0. The smallest absolute Gasteiger partial charge is 0.310 e. The maximum absolute atomic E-state index is 12.2. The molecule has 1 aromatic rings. The maximum atomic E-state index is 12.2. The van der Waals surface area contributed by atoms with Crippen molar-refractivity contribution in [2.75, 3.05) is 59.5 Å². The molecule has 7 heteroatoms. The van der Waals surface area contributed by atoms with E-state index in [0.29, 0.717) is 19.7 Å². The van der Waals surface area contributed by atoms with Crippen LogP contribution in [-0.4, -0.2) is 86.1 Å². The first kappa shape index (κ1) is 24.5. The second kappa shape index (κ2) is 12.8. The summed E-state index contributed by atoms with van der Waals surface area (Å²) in [4.78, 5) is 24.3. The molecule has 1 aromatic carbocycles. The number of hydrogen-bond acceptors (Lipinski definition) is 5. The van der Waals surface area contributed by atoms with E-state index in [-0.39, 0.29) is 11.9 Å². The summed E-state index contributed by atoms with van der Waals surface area (Å²) in [7, 11) is 2.21. The number of benzene rings is 1. The van der Waals surface area contributed by atoms with Crippen LogP contribution in [0.25, 0.3) is 0 Å². The Balaban J connectivity index is 1.56. The van der Waals surface area contributed by atoms with Crippen molar-refractivity contribution < 1.29 is 9.53 Å². The third-order valence-corrected chi connectivity index (χ3v) is 6.33. The fourth-order valence-electron chi connectivity index (χ4n) is 4.48. The number of nitrogens with zero attached hydrogens (tertiary/aromatic N) is 4. The predicted molar refractivity (Wildman–Crippen MR) is 130 cm³/mol. The number of esters is 1. The van der Waals surface area contributed by atoms with E-state index < -0.39 is 0 Å². The third-order valence-electron chi connectivity index (χ3n) is 6.33. The van der Waals surface area contributed by atoms with Crippen molar-refractivity contribution in [3.63, 3.8) is 0 Å².